The van der Waals surface area contributed by atoms with Crippen LogP contribution in [0, 0.1) is 5.92 Å². The average molecular weight is 241 g/mol. The van der Waals surface area contributed by atoms with Crippen molar-refractivity contribution in [2.45, 2.75) is 19.4 Å². The predicted octanol–water partition coefficient (Wildman–Crippen LogP) is 1.94. The molecule has 0 aliphatic carbocycles. The van der Waals surface area contributed by atoms with Crippen LogP contribution >= 0.6 is 11.6 Å². The molecule has 88 valence electrons. The third-order valence-electron chi connectivity index (χ3n) is 3.06. The molecule has 0 radical (unpaired) electrons. The fourth-order valence-electron chi connectivity index (χ4n) is 2.20. The van der Waals surface area contributed by atoms with Gasteiger partial charge in [0, 0.05) is 25.9 Å². The molecule has 1 aliphatic heterocycles. The summed E-state index contributed by atoms with van der Waals surface area (Å²) >= 11 is 5.74. The second kappa shape index (κ2) is 5.62. The number of hydrogen-bond donors (Lipinski definition) is 1. The molecule has 1 saturated heterocycles. The third-order valence-corrected chi connectivity index (χ3v) is 3.28. The van der Waals surface area contributed by atoms with Crippen molar-refractivity contribution in [3.05, 3.63) is 29.0 Å². The van der Waals surface area contributed by atoms with Gasteiger partial charge in [-0.05, 0) is 36.9 Å². The normalized spacial score (nSPS) is 22.2. The first-order chi connectivity index (χ1) is 7.78. The van der Waals surface area contributed by atoms with Crippen molar-refractivity contribution in [2.75, 3.05) is 19.7 Å². The van der Waals surface area contributed by atoms with E-state index in [1.165, 1.54) is 12.0 Å². The van der Waals surface area contributed by atoms with E-state index in [-0.39, 0.29) is 0 Å². The van der Waals surface area contributed by atoms with Gasteiger partial charge in [0.15, 0.2) is 0 Å². The van der Waals surface area contributed by atoms with Gasteiger partial charge >= 0.3 is 0 Å². The van der Waals surface area contributed by atoms with E-state index in [1.807, 2.05) is 18.3 Å². The molecule has 1 atom stereocenters. The van der Waals surface area contributed by atoms with E-state index in [1.54, 1.807) is 0 Å². The summed E-state index contributed by atoms with van der Waals surface area (Å²) in [6.45, 7) is 3.30. The maximum Gasteiger partial charge on any atom is 0.129 e. The Labute approximate surface area is 101 Å². The van der Waals surface area contributed by atoms with E-state index >= 15 is 0 Å². The molecule has 1 aromatic rings. The lowest BCUT2D eigenvalue weighted by Gasteiger charge is -2.31. The highest BCUT2D eigenvalue weighted by Gasteiger charge is 2.18. The molecule has 0 amide bonds. The molecular weight excluding hydrogens is 224 g/mol. The second-order valence-electron chi connectivity index (χ2n) is 4.42. The van der Waals surface area contributed by atoms with Gasteiger partial charge in [-0.25, -0.2) is 4.98 Å². The number of likely N-dealkylation sites (tertiary alicyclic amines) is 1. The Kier molecular flexibility index (Phi) is 4.16. The van der Waals surface area contributed by atoms with Gasteiger partial charge in [0.05, 0.1) is 0 Å². The highest BCUT2D eigenvalue weighted by atomic mass is 35.5. The Hall–Kier alpha value is -0.640. The SMILES string of the molecule is OC[C@@H]1CCCN(Cc2ccc(Cl)nc2)C1. The van der Waals surface area contributed by atoms with Crippen molar-refractivity contribution in [1.29, 1.82) is 0 Å². The standard InChI is InChI=1S/C12H17ClN2O/c13-12-4-3-10(6-14-12)7-15-5-1-2-11(8-15)9-16/h3-4,6,11,16H,1-2,5,7-9H2/t11-/m1/s1. The Balaban J connectivity index is 1.91. The minimum Gasteiger partial charge on any atom is -0.396 e. The molecule has 4 heteroatoms. The molecule has 16 heavy (non-hydrogen) atoms. The van der Waals surface area contributed by atoms with Crippen LogP contribution < -0.4 is 0 Å². The highest BCUT2D eigenvalue weighted by Crippen LogP contribution is 2.18. The van der Waals surface area contributed by atoms with Crippen LogP contribution in [0.3, 0.4) is 0 Å². The van der Waals surface area contributed by atoms with Crippen LogP contribution in [0.4, 0.5) is 0 Å². The number of aromatic nitrogens is 1. The van der Waals surface area contributed by atoms with Gasteiger partial charge in [-0.3, -0.25) is 4.90 Å². The molecule has 0 unspecified atom stereocenters. The predicted molar refractivity (Wildman–Crippen MR) is 64.3 cm³/mol. The zero-order chi connectivity index (χ0) is 11.4. The maximum atomic E-state index is 9.15. The van der Waals surface area contributed by atoms with Crippen molar-refractivity contribution >= 4 is 11.6 Å². The Morgan fingerprint density at radius 1 is 1.50 bits per heavy atom. The summed E-state index contributed by atoms with van der Waals surface area (Å²) in [4.78, 5) is 6.44. The molecule has 1 aromatic heterocycles. The number of piperidine rings is 1. The Bertz CT molecular complexity index is 328. The summed E-state index contributed by atoms with van der Waals surface area (Å²) in [7, 11) is 0. The summed E-state index contributed by atoms with van der Waals surface area (Å²) in [5, 5.41) is 9.69. The molecular formula is C12H17ClN2O. The van der Waals surface area contributed by atoms with Crippen LogP contribution in [-0.2, 0) is 6.54 Å². The van der Waals surface area contributed by atoms with E-state index in [4.69, 9.17) is 16.7 Å². The number of aliphatic hydroxyl groups is 1. The fourth-order valence-corrected chi connectivity index (χ4v) is 2.31. The monoisotopic (exact) mass is 240 g/mol. The van der Waals surface area contributed by atoms with E-state index in [9.17, 15) is 0 Å². The minimum atomic E-state index is 0.301. The van der Waals surface area contributed by atoms with Crippen molar-refractivity contribution < 1.29 is 5.11 Å². The number of aliphatic hydroxyl groups excluding tert-OH is 1. The van der Waals surface area contributed by atoms with Crippen molar-refractivity contribution in [3.8, 4) is 0 Å². The first kappa shape index (κ1) is 11.8. The first-order valence-electron chi connectivity index (χ1n) is 5.71. The Morgan fingerprint density at radius 3 is 3.06 bits per heavy atom. The molecule has 0 aromatic carbocycles. The zero-order valence-corrected chi connectivity index (χ0v) is 10.0. The van der Waals surface area contributed by atoms with Crippen molar-refractivity contribution in [1.82, 2.24) is 9.88 Å². The third kappa shape index (κ3) is 3.17. The number of halogens is 1. The highest BCUT2D eigenvalue weighted by molar-refractivity contribution is 6.29. The summed E-state index contributed by atoms with van der Waals surface area (Å²) in [5.41, 5.74) is 1.18. The molecule has 0 bridgehead atoms. The first-order valence-corrected chi connectivity index (χ1v) is 6.09. The van der Waals surface area contributed by atoms with Gasteiger partial charge in [0.2, 0.25) is 0 Å². The average Bonchev–Trinajstić information content (AvgIpc) is 2.32. The van der Waals surface area contributed by atoms with Gasteiger partial charge in [-0.15, -0.1) is 0 Å². The largest absolute Gasteiger partial charge is 0.396 e. The number of rotatable bonds is 3. The number of hydrogen-bond acceptors (Lipinski definition) is 3. The summed E-state index contributed by atoms with van der Waals surface area (Å²) in [6.07, 6.45) is 4.14. The lowest BCUT2D eigenvalue weighted by Crippen LogP contribution is -2.36. The van der Waals surface area contributed by atoms with Gasteiger partial charge in [-0.1, -0.05) is 17.7 Å². The number of pyridine rings is 1. The zero-order valence-electron chi connectivity index (χ0n) is 9.27. The van der Waals surface area contributed by atoms with Crippen molar-refractivity contribution in [2.24, 2.45) is 5.92 Å². The minimum absolute atomic E-state index is 0.301. The van der Waals surface area contributed by atoms with Gasteiger partial charge < -0.3 is 5.11 Å². The molecule has 1 fully saturated rings. The van der Waals surface area contributed by atoms with E-state index in [0.29, 0.717) is 17.7 Å². The second-order valence-corrected chi connectivity index (χ2v) is 4.80. The quantitative estimate of drug-likeness (QED) is 0.821. The molecule has 0 saturated carbocycles. The van der Waals surface area contributed by atoms with Gasteiger partial charge in [0.25, 0.3) is 0 Å². The van der Waals surface area contributed by atoms with Crippen LogP contribution in [0.5, 0.6) is 0 Å². The fraction of sp³-hybridized carbons (Fsp3) is 0.583. The smallest absolute Gasteiger partial charge is 0.129 e. The Morgan fingerprint density at radius 2 is 2.38 bits per heavy atom. The van der Waals surface area contributed by atoms with E-state index in [0.717, 1.165) is 26.1 Å². The lowest BCUT2D eigenvalue weighted by atomic mass is 9.99. The molecule has 2 heterocycles. The molecule has 0 spiro atoms. The summed E-state index contributed by atoms with van der Waals surface area (Å²) < 4.78 is 0. The van der Waals surface area contributed by atoms with Gasteiger partial charge in [-0.2, -0.15) is 0 Å². The summed E-state index contributed by atoms with van der Waals surface area (Å²) in [5.74, 6) is 0.439. The summed E-state index contributed by atoms with van der Waals surface area (Å²) in [6, 6.07) is 3.84. The van der Waals surface area contributed by atoms with Crippen LogP contribution in [-0.4, -0.2) is 34.7 Å². The van der Waals surface area contributed by atoms with Crippen LogP contribution in [0.2, 0.25) is 5.15 Å². The maximum absolute atomic E-state index is 9.15. The number of nitrogens with zero attached hydrogens (tertiary/aromatic N) is 2. The topological polar surface area (TPSA) is 36.4 Å². The molecule has 1 N–H and O–H groups in total. The van der Waals surface area contributed by atoms with Crippen LogP contribution in [0.15, 0.2) is 18.3 Å². The molecule has 1 aliphatic rings. The van der Waals surface area contributed by atoms with Crippen LogP contribution in [0.1, 0.15) is 18.4 Å². The lowest BCUT2D eigenvalue weighted by molar-refractivity contribution is 0.116. The molecule has 3 nitrogen and oxygen atoms in total. The van der Waals surface area contributed by atoms with Crippen molar-refractivity contribution in [3.63, 3.8) is 0 Å². The van der Waals surface area contributed by atoms with E-state index in [2.05, 4.69) is 9.88 Å². The van der Waals surface area contributed by atoms with Gasteiger partial charge in [0.1, 0.15) is 5.15 Å². The van der Waals surface area contributed by atoms with Crippen LogP contribution in [0.25, 0.3) is 0 Å². The van der Waals surface area contributed by atoms with E-state index < -0.39 is 0 Å². The molecule has 2 rings (SSSR count).